The van der Waals surface area contributed by atoms with Gasteiger partial charge in [0.15, 0.2) is 5.69 Å². The fourth-order valence-corrected chi connectivity index (χ4v) is 2.23. The number of rotatable bonds is 5. The highest BCUT2D eigenvalue weighted by atomic mass is 35.5. The highest BCUT2D eigenvalue weighted by Gasteiger charge is 2.34. The Morgan fingerprint density at radius 2 is 1.88 bits per heavy atom. The van der Waals surface area contributed by atoms with Crippen LogP contribution in [0.5, 0.6) is 0 Å². The van der Waals surface area contributed by atoms with Crippen molar-refractivity contribution in [1.29, 1.82) is 0 Å². The van der Waals surface area contributed by atoms with Crippen LogP contribution in [0.25, 0.3) is 0 Å². The lowest BCUT2D eigenvalue weighted by Gasteiger charge is -2.16. The van der Waals surface area contributed by atoms with Gasteiger partial charge in [-0.25, -0.2) is 4.98 Å². The van der Waals surface area contributed by atoms with Gasteiger partial charge in [-0.1, -0.05) is 30.1 Å². The molecule has 2 rings (SSSR count). The maximum Gasteiger partial charge on any atom is 0.433 e. The SMILES string of the molecule is CC[C@@H](C)Nc1nc(Nc2ccc(Cl)cc2Cl)cc(C(F)(F)F)n1. The lowest BCUT2D eigenvalue weighted by molar-refractivity contribution is -0.141. The van der Waals surface area contributed by atoms with Gasteiger partial charge in [-0.15, -0.1) is 0 Å². The molecule has 130 valence electrons. The van der Waals surface area contributed by atoms with Crippen molar-refractivity contribution in [2.45, 2.75) is 32.5 Å². The monoisotopic (exact) mass is 378 g/mol. The minimum absolute atomic E-state index is 0.0210. The van der Waals surface area contributed by atoms with Gasteiger partial charge >= 0.3 is 6.18 Å². The Morgan fingerprint density at radius 1 is 1.17 bits per heavy atom. The first kappa shape index (κ1) is 18.6. The third-order valence-electron chi connectivity index (χ3n) is 3.20. The molecule has 2 N–H and O–H groups in total. The van der Waals surface area contributed by atoms with E-state index in [0.29, 0.717) is 17.1 Å². The Hall–Kier alpha value is -1.73. The molecular weight excluding hydrogens is 364 g/mol. The summed E-state index contributed by atoms with van der Waals surface area (Å²) in [6.07, 6.45) is -3.87. The number of hydrogen-bond acceptors (Lipinski definition) is 4. The van der Waals surface area contributed by atoms with Crippen LogP contribution in [0.4, 0.5) is 30.6 Å². The fraction of sp³-hybridized carbons (Fsp3) is 0.333. The maximum atomic E-state index is 13.0. The van der Waals surface area contributed by atoms with Gasteiger partial charge in [0.25, 0.3) is 0 Å². The van der Waals surface area contributed by atoms with E-state index in [0.717, 1.165) is 6.07 Å². The van der Waals surface area contributed by atoms with Crippen LogP contribution in [0.2, 0.25) is 10.0 Å². The maximum absolute atomic E-state index is 13.0. The van der Waals surface area contributed by atoms with Crippen molar-refractivity contribution in [1.82, 2.24) is 9.97 Å². The predicted octanol–water partition coefficient (Wildman–Crippen LogP) is 5.76. The molecule has 9 heteroatoms. The summed E-state index contributed by atoms with van der Waals surface area (Å²) in [6.45, 7) is 3.73. The molecule has 0 spiro atoms. The lowest BCUT2D eigenvalue weighted by atomic mass is 10.3. The molecule has 0 aliphatic rings. The fourth-order valence-electron chi connectivity index (χ4n) is 1.77. The number of halogens is 5. The Bertz CT molecular complexity index is 722. The van der Waals surface area contributed by atoms with Crippen LogP contribution in [0.3, 0.4) is 0 Å². The van der Waals surface area contributed by atoms with E-state index in [2.05, 4.69) is 20.6 Å². The van der Waals surface area contributed by atoms with E-state index in [1.54, 1.807) is 12.1 Å². The van der Waals surface area contributed by atoms with Crippen LogP contribution in [0.1, 0.15) is 26.0 Å². The molecule has 0 fully saturated rings. The second-order valence-corrected chi connectivity index (χ2v) is 6.01. The molecule has 0 aliphatic carbocycles. The molecule has 0 bridgehead atoms. The van der Waals surface area contributed by atoms with Gasteiger partial charge in [0.1, 0.15) is 5.82 Å². The highest BCUT2D eigenvalue weighted by Crippen LogP contribution is 2.32. The van der Waals surface area contributed by atoms with Crippen LogP contribution in [0, 0.1) is 0 Å². The van der Waals surface area contributed by atoms with Crippen LogP contribution in [0.15, 0.2) is 24.3 Å². The molecule has 1 aromatic carbocycles. The molecule has 0 saturated heterocycles. The minimum Gasteiger partial charge on any atom is -0.352 e. The summed E-state index contributed by atoms with van der Waals surface area (Å²) in [6, 6.07) is 5.37. The van der Waals surface area contributed by atoms with Crippen molar-refractivity contribution in [2.75, 3.05) is 10.6 Å². The Balaban J connectivity index is 2.38. The van der Waals surface area contributed by atoms with Gasteiger partial charge in [0.05, 0.1) is 10.7 Å². The van der Waals surface area contributed by atoms with Crippen molar-refractivity contribution in [3.63, 3.8) is 0 Å². The highest BCUT2D eigenvalue weighted by molar-refractivity contribution is 6.36. The molecule has 2 aromatic rings. The number of alkyl halides is 3. The molecule has 0 unspecified atom stereocenters. The number of benzene rings is 1. The second kappa shape index (κ2) is 7.44. The van der Waals surface area contributed by atoms with E-state index in [-0.39, 0.29) is 22.8 Å². The normalized spacial score (nSPS) is 12.8. The molecular formula is C15H15Cl2F3N4. The first-order valence-corrected chi connectivity index (χ1v) is 7.89. The van der Waals surface area contributed by atoms with E-state index in [1.807, 2.05) is 13.8 Å². The number of aromatic nitrogens is 2. The lowest BCUT2D eigenvalue weighted by Crippen LogP contribution is -2.18. The van der Waals surface area contributed by atoms with Crippen molar-refractivity contribution in [3.8, 4) is 0 Å². The summed E-state index contributed by atoms with van der Waals surface area (Å²) in [5, 5.41) is 6.29. The molecule has 4 nitrogen and oxygen atoms in total. The number of nitrogens with zero attached hydrogens (tertiary/aromatic N) is 2. The van der Waals surface area contributed by atoms with E-state index in [9.17, 15) is 13.2 Å². The Morgan fingerprint density at radius 3 is 2.46 bits per heavy atom. The van der Waals surface area contributed by atoms with Crippen molar-refractivity contribution in [3.05, 3.63) is 40.0 Å². The van der Waals surface area contributed by atoms with Gasteiger partial charge in [-0.3, -0.25) is 0 Å². The molecule has 1 atom stereocenters. The van der Waals surface area contributed by atoms with E-state index >= 15 is 0 Å². The summed E-state index contributed by atoms with van der Waals surface area (Å²) in [5.41, 5.74) is -0.654. The average molecular weight is 379 g/mol. The summed E-state index contributed by atoms with van der Waals surface area (Å²) in [4.78, 5) is 7.60. The topological polar surface area (TPSA) is 49.8 Å². The predicted molar refractivity (Wildman–Crippen MR) is 90.2 cm³/mol. The first-order valence-electron chi connectivity index (χ1n) is 7.14. The smallest absolute Gasteiger partial charge is 0.352 e. The Kier molecular flexibility index (Phi) is 5.77. The molecule has 24 heavy (non-hydrogen) atoms. The van der Waals surface area contributed by atoms with Crippen molar-refractivity contribution < 1.29 is 13.2 Å². The van der Waals surface area contributed by atoms with Gasteiger partial charge in [-0.05, 0) is 31.5 Å². The molecule has 0 aliphatic heterocycles. The number of anilines is 3. The van der Waals surface area contributed by atoms with E-state index in [1.165, 1.54) is 6.07 Å². The summed E-state index contributed by atoms with van der Waals surface area (Å²) >= 11 is 11.8. The van der Waals surface area contributed by atoms with Crippen LogP contribution in [-0.2, 0) is 6.18 Å². The van der Waals surface area contributed by atoms with Crippen LogP contribution in [-0.4, -0.2) is 16.0 Å². The molecule has 1 aromatic heterocycles. The molecule has 0 amide bonds. The van der Waals surface area contributed by atoms with Gasteiger partial charge in [0.2, 0.25) is 5.95 Å². The third kappa shape index (κ3) is 4.88. The zero-order valence-electron chi connectivity index (χ0n) is 12.9. The summed E-state index contributed by atoms with van der Waals surface area (Å²) in [5.74, 6) is -0.126. The van der Waals surface area contributed by atoms with Gasteiger partial charge < -0.3 is 10.6 Å². The third-order valence-corrected chi connectivity index (χ3v) is 3.75. The zero-order valence-corrected chi connectivity index (χ0v) is 14.4. The van der Waals surface area contributed by atoms with Crippen LogP contribution < -0.4 is 10.6 Å². The molecule has 0 saturated carbocycles. The largest absolute Gasteiger partial charge is 0.433 e. The zero-order chi connectivity index (χ0) is 17.9. The van der Waals surface area contributed by atoms with Crippen LogP contribution >= 0.6 is 23.2 Å². The first-order chi connectivity index (χ1) is 11.2. The number of hydrogen-bond donors (Lipinski definition) is 2. The van der Waals surface area contributed by atoms with Crippen molar-refractivity contribution in [2.24, 2.45) is 0 Å². The van der Waals surface area contributed by atoms with E-state index < -0.39 is 11.9 Å². The average Bonchev–Trinajstić information content (AvgIpc) is 2.49. The standard InChI is InChI=1S/C15H15Cl2F3N4/c1-3-8(2)21-14-23-12(15(18,19)20)7-13(24-14)22-11-5-4-9(16)6-10(11)17/h4-8H,3H2,1-2H3,(H2,21,22,23,24)/t8-/m1/s1. The summed E-state index contributed by atoms with van der Waals surface area (Å²) < 4.78 is 39.1. The summed E-state index contributed by atoms with van der Waals surface area (Å²) in [7, 11) is 0. The number of nitrogens with one attached hydrogen (secondary N) is 2. The van der Waals surface area contributed by atoms with Gasteiger partial charge in [-0.2, -0.15) is 18.2 Å². The van der Waals surface area contributed by atoms with E-state index in [4.69, 9.17) is 23.2 Å². The quantitative estimate of drug-likeness (QED) is 0.694. The Labute approximate surface area is 147 Å². The second-order valence-electron chi connectivity index (χ2n) is 5.16. The minimum atomic E-state index is -4.59. The van der Waals surface area contributed by atoms with Crippen molar-refractivity contribution >= 4 is 40.7 Å². The molecule has 1 heterocycles. The molecule has 0 radical (unpaired) electrons. The van der Waals surface area contributed by atoms with Gasteiger partial charge in [0, 0.05) is 17.1 Å².